The van der Waals surface area contributed by atoms with Crippen molar-refractivity contribution in [1.29, 1.82) is 0 Å². The number of aromatic nitrogens is 3. The van der Waals surface area contributed by atoms with Crippen molar-refractivity contribution in [3.05, 3.63) is 47.9 Å². The Morgan fingerprint density at radius 3 is 3.00 bits per heavy atom. The van der Waals surface area contributed by atoms with Crippen molar-refractivity contribution >= 4 is 16.9 Å². The van der Waals surface area contributed by atoms with Gasteiger partial charge in [0.05, 0.1) is 6.26 Å². The number of furan rings is 1. The number of fused-ring (bicyclic) bond motifs is 1. The van der Waals surface area contributed by atoms with Crippen molar-refractivity contribution in [2.45, 2.75) is 6.42 Å². The van der Waals surface area contributed by atoms with Crippen molar-refractivity contribution in [2.24, 2.45) is 0 Å². The molecule has 2 heterocycles. The molecule has 2 aromatic heterocycles. The number of hydrogen-bond acceptors (Lipinski definition) is 4. The van der Waals surface area contributed by atoms with E-state index in [4.69, 9.17) is 4.42 Å². The molecule has 96 valence electrons. The number of rotatable bonds is 4. The Bertz CT molecular complexity index is 688. The van der Waals surface area contributed by atoms with Crippen molar-refractivity contribution in [2.75, 3.05) is 6.54 Å². The molecule has 0 bridgehead atoms. The van der Waals surface area contributed by atoms with Gasteiger partial charge < -0.3 is 9.73 Å². The molecule has 0 radical (unpaired) electrons. The van der Waals surface area contributed by atoms with Crippen LogP contribution in [-0.4, -0.2) is 27.9 Å². The van der Waals surface area contributed by atoms with Gasteiger partial charge in [-0.3, -0.25) is 4.79 Å². The SMILES string of the molecule is O=C(NCCc1ccco1)c1ccc2n[nH]nc2c1. The molecule has 0 aliphatic carbocycles. The zero-order valence-corrected chi connectivity index (χ0v) is 10.1. The topological polar surface area (TPSA) is 83.8 Å². The van der Waals surface area contributed by atoms with Gasteiger partial charge in [0.15, 0.2) is 0 Å². The number of aromatic amines is 1. The van der Waals surface area contributed by atoms with E-state index in [-0.39, 0.29) is 5.91 Å². The van der Waals surface area contributed by atoms with E-state index in [0.717, 1.165) is 11.3 Å². The summed E-state index contributed by atoms with van der Waals surface area (Å²) in [6, 6.07) is 8.91. The fourth-order valence-electron chi connectivity index (χ4n) is 1.84. The van der Waals surface area contributed by atoms with E-state index in [1.807, 2.05) is 12.1 Å². The fraction of sp³-hybridized carbons (Fsp3) is 0.154. The summed E-state index contributed by atoms with van der Waals surface area (Å²) in [5, 5.41) is 13.2. The molecule has 0 aliphatic heterocycles. The average molecular weight is 256 g/mol. The summed E-state index contributed by atoms with van der Waals surface area (Å²) in [6.45, 7) is 0.531. The predicted octanol–water partition coefficient (Wildman–Crippen LogP) is 1.52. The quantitative estimate of drug-likeness (QED) is 0.741. The van der Waals surface area contributed by atoms with Gasteiger partial charge in [0.1, 0.15) is 16.8 Å². The lowest BCUT2D eigenvalue weighted by molar-refractivity contribution is 0.0954. The van der Waals surface area contributed by atoms with Crippen LogP contribution in [0.3, 0.4) is 0 Å². The Labute approximate surface area is 108 Å². The Balaban J connectivity index is 1.63. The van der Waals surface area contributed by atoms with Gasteiger partial charge in [0.2, 0.25) is 0 Å². The first kappa shape index (κ1) is 11.5. The summed E-state index contributed by atoms with van der Waals surface area (Å²) in [7, 11) is 0. The molecule has 0 saturated carbocycles. The van der Waals surface area contributed by atoms with Crippen LogP contribution < -0.4 is 5.32 Å². The van der Waals surface area contributed by atoms with E-state index in [1.165, 1.54) is 0 Å². The van der Waals surface area contributed by atoms with Crippen LogP contribution in [0.15, 0.2) is 41.0 Å². The molecule has 0 aliphatic rings. The predicted molar refractivity (Wildman–Crippen MR) is 68.6 cm³/mol. The molecule has 0 saturated heterocycles. The maximum absolute atomic E-state index is 11.9. The van der Waals surface area contributed by atoms with Gasteiger partial charge in [-0.1, -0.05) is 0 Å². The van der Waals surface area contributed by atoms with E-state index in [1.54, 1.807) is 24.5 Å². The number of benzene rings is 1. The van der Waals surface area contributed by atoms with E-state index < -0.39 is 0 Å². The number of H-pyrrole nitrogens is 1. The van der Waals surface area contributed by atoms with Crippen LogP contribution in [-0.2, 0) is 6.42 Å². The fourth-order valence-corrected chi connectivity index (χ4v) is 1.84. The zero-order valence-electron chi connectivity index (χ0n) is 10.1. The maximum atomic E-state index is 11.9. The molecule has 3 rings (SSSR count). The first-order valence-electron chi connectivity index (χ1n) is 5.94. The van der Waals surface area contributed by atoms with Crippen LogP contribution in [0.25, 0.3) is 11.0 Å². The summed E-state index contributed by atoms with van der Waals surface area (Å²) in [5.74, 6) is 0.726. The van der Waals surface area contributed by atoms with Crippen LogP contribution in [0.4, 0.5) is 0 Å². The Morgan fingerprint density at radius 1 is 1.26 bits per heavy atom. The van der Waals surface area contributed by atoms with Crippen LogP contribution >= 0.6 is 0 Å². The number of carbonyl (C=O) groups excluding carboxylic acids is 1. The summed E-state index contributed by atoms with van der Waals surface area (Å²) in [5.41, 5.74) is 1.99. The molecule has 0 fully saturated rings. The standard InChI is InChI=1S/C13H12N4O2/c18-13(14-6-5-10-2-1-7-19-10)9-3-4-11-12(8-9)16-17-15-11/h1-4,7-8H,5-6H2,(H,14,18)(H,15,16,17). The summed E-state index contributed by atoms with van der Waals surface area (Å²) < 4.78 is 5.19. The monoisotopic (exact) mass is 256 g/mol. The van der Waals surface area contributed by atoms with Crippen molar-refractivity contribution in [3.8, 4) is 0 Å². The minimum Gasteiger partial charge on any atom is -0.469 e. The largest absolute Gasteiger partial charge is 0.469 e. The minimum atomic E-state index is -0.128. The number of carbonyl (C=O) groups is 1. The zero-order chi connectivity index (χ0) is 13.1. The first-order valence-corrected chi connectivity index (χ1v) is 5.94. The third-order valence-electron chi connectivity index (χ3n) is 2.82. The lowest BCUT2D eigenvalue weighted by Gasteiger charge is -2.03. The van der Waals surface area contributed by atoms with Crippen molar-refractivity contribution < 1.29 is 9.21 Å². The number of amides is 1. The highest BCUT2D eigenvalue weighted by Gasteiger charge is 2.07. The molecular weight excluding hydrogens is 244 g/mol. The van der Waals surface area contributed by atoms with E-state index in [0.29, 0.717) is 24.0 Å². The highest BCUT2D eigenvalue weighted by molar-refractivity contribution is 5.97. The van der Waals surface area contributed by atoms with Crippen LogP contribution in [0.1, 0.15) is 16.1 Å². The molecule has 19 heavy (non-hydrogen) atoms. The molecule has 6 nitrogen and oxygen atoms in total. The third kappa shape index (κ3) is 2.47. The maximum Gasteiger partial charge on any atom is 0.251 e. The first-order chi connectivity index (χ1) is 9.33. The molecule has 1 aromatic carbocycles. The average Bonchev–Trinajstić information content (AvgIpc) is 3.08. The molecule has 1 amide bonds. The van der Waals surface area contributed by atoms with Crippen molar-refractivity contribution in [3.63, 3.8) is 0 Å². The van der Waals surface area contributed by atoms with Crippen LogP contribution in [0, 0.1) is 0 Å². The highest BCUT2D eigenvalue weighted by atomic mass is 16.3. The Morgan fingerprint density at radius 2 is 2.16 bits per heavy atom. The van der Waals surface area contributed by atoms with Gasteiger partial charge in [-0.25, -0.2) is 0 Å². The van der Waals surface area contributed by atoms with Gasteiger partial charge in [0, 0.05) is 18.5 Å². The summed E-state index contributed by atoms with van der Waals surface area (Å²) in [4.78, 5) is 11.9. The molecular formula is C13H12N4O2. The third-order valence-corrected chi connectivity index (χ3v) is 2.82. The molecule has 0 unspecified atom stereocenters. The minimum absolute atomic E-state index is 0.128. The van der Waals surface area contributed by atoms with Gasteiger partial charge in [-0.15, -0.1) is 0 Å². The smallest absolute Gasteiger partial charge is 0.251 e. The number of nitrogens with one attached hydrogen (secondary N) is 2. The lowest BCUT2D eigenvalue weighted by atomic mass is 10.2. The van der Waals surface area contributed by atoms with E-state index >= 15 is 0 Å². The Kier molecular flexibility index (Phi) is 2.97. The normalized spacial score (nSPS) is 10.7. The van der Waals surface area contributed by atoms with E-state index in [9.17, 15) is 4.79 Å². The van der Waals surface area contributed by atoms with Crippen molar-refractivity contribution in [1.82, 2.24) is 20.7 Å². The molecule has 6 heteroatoms. The molecule has 0 atom stereocenters. The second-order valence-corrected chi connectivity index (χ2v) is 4.11. The second-order valence-electron chi connectivity index (χ2n) is 4.11. The summed E-state index contributed by atoms with van der Waals surface area (Å²) >= 11 is 0. The number of hydrogen-bond donors (Lipinski definition) is 2. The lowest BCUT2D eigenvalue weighted by Crippen LogP contribution is -2.25. The summed E-state index contributed by atoms with van der Waals surface area (Å²) in [6.07, 6.45) is 2.29. The van der Waals surface area contributed by atoms with Crippen LogP contribution in [0.5, 0.6) is 0 Å². The second kappa shape index (κ2) is 4.93. The van der Waals surface area contributed by atoms with Gasteiger partial charge in [-0.05, 0) is 30.3 Å². The molecule has 0 spiro atoms. The number of nitrogens with zero attached hydrogens (tertiary/aromatic N) is 2. The van der Waals surface area contributed by atoms with Gasteiger partial charge >= 0.3 is 0 Å². The molecule has 2 N–H and O–H groups in total. The molecule has 3 aromatic rings. The Hall–Kier alpha value is -2.63. The van der Waals surface area contributed by atoms with Gasteiger partial charge in [0.25, 0.3) is 5.91 Å². The van der Waals surface area contributed by atoms with E-state index in [2.05, 4.69) is 20.7 Å². The van der Waals surface area contributed by atoms with Crippen LogP contribution in [0.2, 0.25) is 0 Å². The van der Waals surface area contributed by atoms with Gasteiger partial charge in [-0.2, -0.15) is 15.4 Å². The highest BCUT2D eigenvalue weighted by Crippen LogP contribution is 2.10.